The molecule has 1 aliphatic rings. The molecular formula is C14H19NO3. The van der Waals surface area contributed by atoms with Crippen molar-refractivity contribution in [3.05, 3.63) is 29.8 Å². The molecule has 0 saturated heterocycles. The monoisotopic (exact) mass is 249 g/mol. The second-order valence-electron chi connectivity index (χ2n) is 5.03. The minimum Gasteiger partial charge on any atom is -0.481 e. The molecule has 1 aromatic carbocycles. The number of carbonyl (C=O) groups is 1. The van der Waals surface area contributed by atoms with E-state index in [4.69, 9.17) is 4.84 Å². The number of benzene rings is 1. The van der Waals surface area contributed by atoms with Crippen LogP contribution in [-0.4, -0.2) is 17.6 Å². The predicted octanol–water partition coefficient (Wildman–Crippen LogP) is 2.52. The second kappa shape index (κ2) is 5.40. The number of carboxylic acid groups (broad SMARTS) is 1. The summed E-state index contributed by atoms with van der Waals surface area (Å²) in [6.45, 7) is 2.37. The molecule has 0 spiro atoms. The Kier molecular flexibility index (Phi) is 3.87. The lowest BCUT2D eigenvalue weighted by atomic mass is 9.87. The minimum absolute atomic E-state index is 0.357. The molecule has 2 rings (SSSR count). The predicted molar refractivity (Wildman–Crippen MR) is 68.3 cm³/mol. The Morgan fingerprint density at radius 3 is 2.50 bits per heavy atom. The number of aryl methyl sites for hydroxylation is 1. The maximum absolute atomic E-state index is 11.3. The van der Waals surface area contributed by atoms with E-state index in [1.165, 1.54) is 5.56 Å². The largest absolute Gasteiger partial charge is 0.481 e. The number of rotatable bonds is 5. The summed E-state index contributed by atoms with van der Waals surface area (Å²) in [5, 5.41) is 9.30. The van der Waals surface area contributed by atoms with Crippen LogP contribution in [-0.2, 0) is 4.79 Å². The first kappa shape index (κ1) is 12.9. The van der Waals surface area contributed by atoms with Crippen molar-refractivity contribution in [3.8, 4) is 5.75 Å². The lowest BCUT2D eigenvalue weighted by Gasteiger charge is -2.23. The fourth-order valence-corrected chi connectivity index (χ4v) is 2.38. The van der Waals surface area contributed by atoms with Gasteiger partial charge >= 0.3 is 5.97 Å². The summed E-state index contributed by atoms with van der Waals surface area (Å²) in [4.78, 5) is 16.7. The fourth-order valence-electron chi connectivity index (χ4n) is 2.38. The van der Waals surface area contributed by atoms with Crippen LogP contribution in [0.25, 0.3) is 0 Å². The summed E-state index contributed by atoms with van der Waals surface area (Å²) in [6, 6.07) is 7.65. The van der Waals surface area contributed by atoms with Gasteiger partial charge in [-0.05, 0) is 31.9 Å². The first-order chi connectivity index (χ1) is 8.62. The van der Waals surface area contributed by atoms with Crippen LogP contribution in [0.2, 0.25) is 0 Å². The molecule has 0 atom stereocenters. The van der Waals surface area contributed by atoms with E-state index in [1.807, 2.05) is 31.2 Å². The molecule has 0 aromatic heterocycles. The van der Waals surface area contributed by atoms with Crippen LogP contribution in [0, 0.1) is 12.3 Å². The van der Waals surface area contributed by atoms with Crippen molar-refractivity contribution in [2.75, 3.05) is 6.54 Å². The molecule has 0 amide bonds. The summed E-state index contributed by atoms with van der Waals surface area (Å²) in [7, 11) is 0. The van der Waals surface area contributed by atoms with Gasteiger partial charge in [-0.2, -0.15) is 5.48 Å². The number of carboxylic acids is 1. The number of aliphatic carboxylic acids is 1. The number of nitrogens with one attached hydrogen (secondary N) is 1. The van der Waals surface area contributed by atoms with Crippen LogP contribution in [0.15, 0.2) is 24.3 Å². The third-order valence-electron chi connectivity index (χ3n) is 3.64. The Balaban J connectivity index is 1.87. The standard InChI is InChI=1S/C14H19NO3/c1-11-4-6-12(7-5-11)18-15-10-14(13(16)17)8-2-3-9-14/h4-7,15H,2-3,8-10H2,1H3,(H,16,17). The van der Waals surface area contributed by atoms with Crippen LogP contribution in [0.3, 0.4) is 0 Å². The summed E-state index contributed by atoms with van der Waals surface area (Å²) in [5.74, 6) is -0.0147. The molecule has 1 fully saturated rings. The highest BCUT2D eigenvalue weighted by Crippen LogP contribution is 2.37. The van der Waals surface area contributed by atoms with E-state index in [0.717, 1.165) is 25.7 Å². The summed E-state index contributed by atoms with van der Waals surface area (Å²) in [5.41, 5.74) is 3.32. The molecule has 98 valence electrons. The average Bonchev–Trinajstić information content (AvgIpc) is 2.82. The van der Waals surface area contributed by atoms with Gasteiger partial charge < -0.3 is 9.94 Å². The van der Waals surface area contributed by atoms with Gasteiger partial charge in [-0.3, -0.25) is 4.79 Å². The molecule has 4 heteroatoms. The van der Waals surface area contributed by atoms with Crippen molar-refractivity contribution in [1.29, 1.82) is 0 Å². The van der Waals surface area contributed by atoms with E-state index in [0.29, 0.717) is 12.3 Å². The zero-order valence-corrected chi connectivity index (χ0v) is 10.6. The highest BCUT2D eigenvalue weighted by atomic mass is 16.6. The van der Waals surface area contributed by atoms with Gasteiger partial charge in [-0.15, -0.1) is 0 Å². The smallest absolute Gasteiger partial charge is 0.311 e. The van der Waals surface area contributed by atoms with Gasteiger partial charge in [0.15, 0.2) is 0 Å². The quantitative estimate of drug-likeness (QED) is 0.787. The summed E-state index contributed by atoms with van der Waals surface area (Å²) >= 11 is 0. The number of hydroxylamine groups is 1. The molecule has 4 nitrogen and oxygen atoms in total. The van der Waals surface area contributed by atoms with Crippen LogP contribution in [0.5, 0.6) is 5.75 Å². The van der Waals surface area contributed by atoms with Gasteiger partial charge in [-0.25, -0.2) is 0 Å². The van der Waals surface area contributed by atoms with Gasteiger partial charge in [0.2, 0.25) is 0 Å². The zero-order valence-electron chi connectivity index (χ0n) is 10.6. The fraction of sp³-hybridized carbons (Fsp3) is 0.500. The lowest BCUT2D eigenvalue weighted by Crippen LogP contribution is -2.40. The van der Waals surface area contributed by atoms with Crippen molar-refractivity contribution in [1.82, 2.24) is 5.48 Å². The van der Waals surface area contributed by atoms with E-state index in [9.17, 15) is 9.90 Å². The van der Waals surface area contributed by atoms with E-state index in [1.54, 1.807) is 0 Å². The topological polar surface area (TPSA) is 58.6 Å². The molecular weight excluding hydrogens is 230 g/mol. The summed E-state index contributed by atoms with van der Waals surface area (Å²) in [6.07, 6.45) is 3.43. The maximum atomic E-state index is 11.3. The Morgan fingerprint density at radius 2 is 1.94 bits per heavy atom. The van der Waals surface area contributed by atoms with Crippen LogP contribution in [0.1, 0.15) is 31.2 Å². The first-order valence-corrected chi connectivity index (χ1v) is 6.32. The second-order valence-corrected chi connectivity index (χ2v) is 5.03. The molecule has 0 bridgehead atoms. The lowest BCUT2D eigenvalue weighted by molar-refractivity contribution is -0.149. The zero-order chi connectivity index (χ0) is 13.0. The maximum Gasteiger partial charge on any atom is 0.311 e. The first-order valence-electron chi connectivity index (χ1n) is 6.32. The third kappa shape index (κ3) is 2.82. The highest BCUT2D eigenvalue weighted by Gasteiger charge is 2.41. The molecule has 0 unspecified atom stereocenters. The Hall–Kier alpha value is -1.55. The Bertz CT molecular complexity index is 408. The van der Waals surface area contributed by atoms with Gasteiger partial charge in [0.1, 0.15) is 5.75 Å². The van der Waals surface area contributed by atoms with Crippen molar-refractivity contribution >= 4 is 5.97 Å². The molecule has 0 aliphatic heterocycles. The Morgan fingerprint density at radius 1 is 1.33 bits per heavy atom. The van der Waals surface area contributed by atoms with E-state index in [2.05, 4.69) is 5.48 Å². The van der Waals surface area contributed by atoms with E-state index >= 15 is 0 Å². The third-order valence-corrected chi connectivity index (χ3v) is 3.64. The molecule has 1 aliphatic carbocycles. The van der Waals surface area contributed by atoms with Crippen LogP contribution in [0.4, 0.5) is 0 Å². The molecule has 1 aromatic rings. The van der Waals surface area contributed by atoms with Crippen molar-refractivity contribution in [2.24, 2.45) is 5.41 Å². The van der Waals surface area contributed by atoms with E-state index < -0.39 is 11.4 Å². The molecule has 0 heterocycles. The number of hydrogen-bond donors (Lipinski definition) is 2. The minimum atomic E-state index is -0.722. The SMILES string of the molecule is Cc1ccc(ONCC2(C(=O)O)CCCC2)cc1. The van der Waals surface area contributed by atoms with Crippen LogP contribution >= 0.6 is 0 Å². The molecule has 18 heavy (non-hydrogen) atoms. The van der Waals surface area contributed by atoms with Gasteiger partial charge in [0.25, 0.3) is 0 Å². The highest BCUT2D eigenvalue weighted by molar-refractivity contribution is 5.75. The van der Waals surface area contributed by atoms with Crippen molar-refractivity contribution < 1.29 is 14.7 Å². The normalized spacial score (nSPS) is 17.6. The molecule has 2 N–H and O–H groups in total. The van der Waals surface area contributed by atoms with Gasteiger partial charge in [0, 0.05) is 6.54 Å². The van der Waals surface area contributed by atoms with Gasteiger partial charge in [-0.1, -0.05) is 30.5 Å². The Labute approximate surface area is 107 Å². The van der Waals surface area contributed by atoms with Crippen molar-refractivity contribution in [2.45, 2.75) is 32.6 Å². The van der Waals surface area contributed by atoms with Gasteiger partial charge in [0.05, 0.1) is 5.41 Å². The summed E-state index contributed by atoms with van der Waals surface area (Å²) < 4.78 is 0. The molecule has 0 radical (unpaired) electrons. The number of hydrogen-bond acceptors (Lipinski definition) is 3. The molecule has 1 saturated carbocycles. The average molecular weight is 249 g/mol. The van der Waals surface area contributed by atoms with Crippen molar-refractivity contribution in [3.63, 3.8) is 0 Å². The van der Waals surface area contributed by atoms with Crippen LogP contribution < -0.4 is 10.3 Å². The van der Waals surface area contributed by atoms with E-state index in [-0.39, 0.29) is 0 Å².